The third kappa shape index (κ3) is 6.57. The summed E-state index contributed by atoms with van der Waals surface area (Å²) >= 11 is 1.13. The highest BCUT2D eigenvalue weighted by Crippen LogP contribution is 2.14. The second-order valence-corrected chi connectivity index (χ2v) is 7.60. The minimum absolute atomic E-state index is 0.141. The molecule has 3 amide bonds. The lowest BCUT2D eigenvalue weighted by Gasteiger charge is -2.09. The van der Waals surface area contributed by atoms with Crippen LogP contribution in [0.25, 0.3) is 0 Å². The van der Waals surface area contributed by atoms with E-state index in [0.717, 1.165) is 11.3 Å². The molecule has 1 aromatic carbocycles. The van der Waals surface area contributed by atoms with Gasteiger partial charge in [-0.3, -0.25) is 20.3 Å². The number of rotatable bonds is 8. The molecular formula is C14H16N6O6S2. The summed E-state index contributed by atoms with van der Waals surface area (Å²) in [5.74, 6) is -1.15. The number of carbonyl (C=O) groups is 3. The van der Waals surface area contributed by atoms with Crippen molar-refractivity contribution in [2.24, 2.45) is 0 Å². The van der Waals surface area contributed by atoms with Crippen LogP contribution in [0.5, 0.6) is 0 Å². The number of hydrogen-bond acceptors (Lipinski definition) is 9. The van der Waals surface area contributed by atoms with Crippen molar-refractivity contribution < 1.29 is 27.5 Å². The lowest BCUT2D eigenvalue weighted by atomic mass is 10.3. The van der Waals surface area contributed by atoms with Crippen LogP contribution in [0.2, 0.25) is 0 Å². The molecule has 0 radical (unpaired) electrons. The van der Waals surface area contributed by atoms with Gasteiger partial charge in [-0.25, -0.2) is 13.2 Å². The Morgan fingerprint density at radius 1 is 1.07 bits per heavy atom. The first-order valence-corrected chi connectivity index (χ1v) is 9.98. The molecule has 2 aromatic rings. The van der Waals surface area contributed by atoms with Gasteiger partial charge in [0.2, 0.25) is 16.9 Å². The van der Waals surface area contributed by atoms with Crippen molar-refractivity contribution in [2.45, 2.75) is 17.7 Å². The number of ether oxygens (including phenoxy) is 1. The summed E-state index contributed by atoms with van der Waals surface area (Å²) < 4.78 is 28.7. The Hall–Kier alpha value is -3.10. The quantitative estimate of drug-likeness (QED) is 0.439. The van der Waals surface area contributed by atoms with Crippen molar-refractivity contribution >= 4 is 50.1 Å². The van der Waals surface area contributed by atoms with E-state index in [1.54, 1.807) is 0 Å². The van der Waals surface area contributed by atoms with Crippen LogP contribution in [-0.2, 0) is 24.3 Å². The Morgan fingerprint density at radius 2 is 1.75 bits per heavy atom. The van der Waals surface area contributed by atoms with E-state index >= 15 is 0 Å². The van der Waals surface area contributed by atoms with Crippen LogP contribution in [0.1, 0.15) is 12.8 Å². The molecule has 28 heavy (non-hydrogen) atoms. The van der Waals surface area contributed by atoms with Crippen LogP contribution in [0.4, 0.5) is 15.6 Å². The van der Waals surface area contributed by atoms with Gasteiger partial charge in [0, 0.05) is 18.5 Å². The Kier molecular flexibility index (Phi) is 7.36. The van der Waals surface area contributed by atoms with E-state index in [2.05, 4.69) is 25.6 Å². The smallest absolute Gasteiger partial charge is 0.411 e. The predicted molar refractivity (Wildman–Crippen MR) is 98.7 cm³/mol. The minimum atomic E-state index is -4.03. The fourth-order valence-corrected chi connectivity index (χ4v) is 3.09. The number of anilines is 2. The van der Waals surface area contributed by atoms with Crippen LogP contribution < -0.4 is 20.9 Å². The number of hydrogen-bond donors (Lipinski definition) is 4. The summed E-state index contributed by atoms with van der Waals surface area (Å²) in [6, 6.07) is 5.17. The lowest BCUT2D eigenvalue weighted by molar-refractivity contribution is -0.124. The molecule has 0 bridgehead atoms. The number of amides is 3. The molecular weight excluding hydrogens is 412 g/mol. The summed E-state index contributed by atoms with van der Waals surface area (Å²) in [7, 11) is -2.83. The zero-order valence-corrected chi connectivity index (χ0v) is 16.1. The topological polar surface area (TPSA) is 168 Å². The SMILES string of the molecule is COC(=O)Nc1ccc(S(=O)(=O)NNC(=O)CCC(=O)Nc2nncs2)cc1. The molecule has 0 atom stereocenters. The Labute approximate surface area is 163 Å². The zero-order valence-electron chi connectivity index (χ0n) is 14.5. The van der Waals surface area contributed by atoms with Crippen LogP contribution in [0.15, 0.2) is 34.7 Å². The maximum absolute atomic E-state index is 12.1. The first-order chi connectivity index (χ1) is 13.3. The molecule has 0 saturated carbocycles. The van der Waals surface area contributed by atoms with E-state index in [-0.39, 0.29) is 17.7 Å². The van der Waals surface area contributed by atoms with Crippen molar-refractivity contribution in [1.29, 1.82) is 0 Å². The monoisotopic (exact) mass is 428 g/mol. The molecule has 0 saturated heterocycles. The number of sulfonamides is 1. The van der Waals surface area contributed by atoms with Crippen LogP contribution >= 0.6 is 11.3 Å². The molecule has 0 aliphatic carbocycles. The van der Waals surface area contributed by atoms with Gasteiger partial charge in [-0.05, 0) is 24.3 Å². The van der Waals surface area contributed by atoms with Gasteiger partial charge in [-0.1, -0.05) is 11.3 Å². The minimum Gasteiger partial charge on any atom is -0.453 e. The van der Waals surface area contributed by atoms with Gasteiger partial charge in [0.25, 0.3) is 10.0 Å². The fraction of sp³-hybridized carbons (Fsp3) is 0.214. The predicted octanol–water partition coefficient (Wildman–Crippen LogP) is 0.445. The summed E-state index contributed by atoms with van der Waals surface area (Å²) in [5, 5.41) is 12.3. The summed E-state index contributed by atoms with van der Waals surface area (Å²) in [6.45, 7) is 0. The number of benzene rings is 1. The molecule has 1 heterocycles. The van der Waals surface area contributed by atoms with E-state index in [1.165, 1.54) is 36.9 Å². The highest BCUT2D eigenvalue weighted by atomic mass is 32.2. The van der Waals surface area contributed by atoms with Crippen molar-refractivity contribution in [3.63, 3.8) is 0 Å². The first-order valence-electron chi connectivity index (χ1n) is 7.62. The largest absolute Gasteiger partial charge is 0.453 e. The van der Waals surface area contributed by atoms with E-state index in [9.17, 15) is 22.8 Å². The first kappa shape index (κ1) is 21.2. The summed E-state index contributed by atoms with van der Waals surface area (Å²) in [4.78, 5) is 36.2. The fourth-order valence-electron chi connectivity index (χ4n) is 1.77. The molecule has 0 unspecified atom stereocenters. The second kappa shape index (κ2) is 9.72. The zero-order chi connectivity index (χ0) is 20.6. The molecule has 14 heteroatoms. The number of nitrogens with zero attached hydrogens (tertiary/aromatic N) is 2. The van der Waals surface area contributed by atoms with Crippen molar-refractivity contribution in [3.05, 3.63) is 29.8 Å². The molecule has 0 fully saturated rings. The summed E-state index contributed by atoms with van der Waals surface area (Å²) in [6.07, 6.45) is -1.10. The average Bonchev–Trinajstić information content (AvgIpc) is 3.18. The number of nitrogens with one attached hydrogen (secondary N) is 4. The van der Waals surface area contributed by atoms with E-state index in [1.807, 2.05) is 10.3 Å². The van der Waals surface area contributed by atoms with Gasteiger partial charge in [0.15, 0.2) is 0 Å². The molecule has 150 valence electrons. The third-order valence-electron chi connectivity index (χ3n) is 3.11. The Bertz CT molecular complexity index is 930. The molecule has 0 aliphatic rings. The van der Waals surface area contributed by atoms with Gasteiger partial charge < -0.3 is 10.1 Å². The Balaban J connectivity index is 1.80. The van der Waals surface area contributed by atoms with Gasteiger partial charge in [0.1, 0.15) is 5.51 Å². The molecule has 1 aromatic heterocycles. The second-order valence-electron chi connectivity index (χ2n) is 5.09. The van der Waals surface area contributed by atoms with Crippen LogP contribution in [0.3, 0.4) is 0 Å². The Morgan fingerprint density at radius 3 is 2.36 bits per heavy atom. The number of carbonyl (C=O) groups excluding carboxylic acids is 3. The normalized spacial score (nSPS) is 10.8. The highest BCUT2D eigenvalue weighted by molar-refractivity contribution is 7.89. The van der Waals surface area contributed by atoms with E-state index < -0.39 is 27.9 Å². The highest BCUT2D eigenvalue weighted by Gasteiger charge is 2.16. The molecule has 0 spiro atoms. The average molecular weight is 428 g/mol. The molecule has 12 nitrogen and oxygen atoms in total. The molecule has 4 N–H and O–H groups in total. The maximum atomic E-state index is 12.1. The van der Waals surface area contributed by atoms with Gasteiger partial charge in [-0.15, -0.1) is 15.0 Å². The van der Waals surface area contributed by atoms with Gasteiger partial charge in [0.05, 0.1) is 12.0 Å². The lowest BCUT2D eigenvalue weighted by Crippen LogP contribution is -2.41. The van der Waals surface area contributed by atoms with Crippen LogP contribution in [0, 0.1) is 0 Å². The van der Waals surface area contributed by atoms with Gasteiger partial charge >= 0.3 is 6.09 Å². The molecule has 0 aliphatic heterocycles. The van der Waals surface area contributed by atoms with E-state index in [0.29, 0.717) is 10.8 Å². The number of methoxy groups -OCH3 is 1. The third-order valence-corrected chi connectivity index (χ3v) is 4.98. The van der Waals surface area contributed by atoms with Crippen molar-refractivity contribution in [2.75, 3.05) is 17.7 Å². The van der Waals surface area contributed by atoms with Gasteiger partial charge in [-0.2, -0.15) is 0 Å². The number of hydrazine groups is 1. The van der Waals surface area contributed by atoms with Crippen molar-refractivity contribution in [3.8, 4) is 0 Å². The molecule has 2 rings (SSSR count). The maximum Gasteiger partial charge on any atom is 0.411 e. The standard InChI is InChI=1S/C14H16N6O6S2/c1-26-14(23)16-9-2-4-10(5-3-9)28(24,25)20-18-12(22)7-6-11(21)17-13-19-15-8-27-13/h2-5,8,20H,6-7H2,1H3,(H,16,23)(H,18,22)(H,17,19,21). The van der Waals surface area contributed by atoms with Crippen LogP contribution in [-0.4, -0.2) is 43.6 Å². The number of aromatic nitrogens is 2. The van der Waals surface area contributed by atoms with E-state index in [4.69, 9.17) is 0 Å². The summed E-state index contributed by atoms with van der Waals surface area (Å²) in [5.41, 5.74) is 3.79. The van der Waals surface area contributed by atoms with Crippen molar-refractivity contribution in [1.82, 2.24) is 20.5 Å².